The largest absolute Gasteiger partial charge is 0.481 e. The minimum atomic E-state index is -0.580. The molecule has 2 aliphatic rings. The molecule has 6 heteroatoms. The Kier molecular flexibility index (Phi) is 5.38. The van der Waals surface area contributed by atoms with Gasteiger partial charge in [-0.15, -0.1) is 0 Å². The van der Waals surface area contributed by atoms with E-state index in [1.165, 1.54) is 18.9 Å². The number of carbonyl (C=O) groups excluding carboxylic acids is 1. The number of rotatable bonds is 5. The number of piperidine rings is 1. The third kappa shape index (κ3) is 3.78. The van der Waals surface area contributed by atoms with Gasteiger partial charge in [-0.3, -0.25) is 4.79 Å². The first-order valence-electron chi connectivity index (χ1n) is 10.6. The molecule has 1 saturated carbocycles. The molecule has 2 heterocycles. The Morgan fingerprint density at radius 2 is 1.93 bits per heavy atom. The Morgan fingerprint density at radius 1 is 1.24 bits per heavy atom. The number of amides is 1. The number of aryl methyl sites for hydroxylation is 1. The molecule has 1 aliphatic carbocycles. The summed E-state index contributed by atoms with van der Waals surface area (Å²) in [7, 11) is 4.28. The molecule has 156 valence electrons. The van der Waals surface area contributed by atoms with Crippen LogP contribution in [0, 0.1) is 11.8 Å². The van der Waals surface area contributed by atoms with Crippen molar-refractivity contribution in [3.8, 4) is 5.75 Å². The van der Waals surface area contributed by atoms with Gasteiger partial charge in [0.2, 0.25) is 0 Å². The number of carbonyl (C=O) groups is 1. The summed E-state index contributed by atoms with van der Waals surface area (Å²) in [5.74, 6) is 1.66. The van der Waals surface area contributed by atoms with E-state index in [-0.39, 0.29) is 11.5 Å². The molecule has 1 aliphatic heterocycles. The van der Waals surface area contributed by atoms with Crippen LogP contribution in [0.2, 0.25) is 0 Å². The fourth-order valence-corrected chi connectivity index (χ4v) is 5.30. The van der Waals surface area contributed by atoms with Crippen LogP contribution >= 0.6 is 0 Å². The maximum absolute atomic E-state index is 13.0. The van der Waals surface area contributed by atoms with Crippen molar-refractivity contribution in [2.45, 2.75) is 45.3 Å². The van der Waals surface area contributed by atoms with Crippen LogP contribution in [0.4, 0.5) is 0 Å². The van der Waals surface area contributed by atoms with E-state index < -0.39 is 6.10 Å². The smallest absolute Gasteiger partial charge is 0.336 e. The van der Waals surface area contributed by atoms with Gasteiger partial charge < -0.3 is 19.0 Å². The van der Waals surface area contributed by atoms with E-state index in [2.05, 4.69) is 19.0 Å². The van der Waals surface area contributed by atoms with Gasteiger partial charge in [0.25, 0.3) is 5.91 Å². The normalized spacial score (nSPS) is 24.9. The predicted octanol–water partition coefficient (Wildman–Crippen LogP) is 2.92. The fraction of sp³-hybridized carbons (Fsp3) is 0.565. The molecule has 2 aromatic rings. The van der Waals surface area contributed by atoms with Crippen molar-refractivity contribution in [1.82, 2.24) is 9.80 Å². The zero-order chi connectivity index (χ0) is 20.7. The van der Waals surface area contributed by atoms with Gasteiger partial charge in [-0.05, 0) is 69.8 Å². The molecule has 4 rings (SSSR count). The topological polar surface area (TPSA) is 63.0 Å². The Hall–Kier alpha value is -2.34. The SMILES string of the molecule is CCc1cc(=O)oc2cc(OC(C)C(=O)N3C[C@H]4CC[C@@H](C3)C4N(C)C)ccc12. The van der Waals surface area contributed by atoms with Gasteiger partial charge in [-0.2, -0.15) is 0 Å². The van der Waals surface area contributed by atoms with Gasteiger partial charge in [0, 0.05) is 36.7 Å². The summed E-state index contributed by atoms with van der Waals surface area (Å²) in [6.45, 7) is 5.41. The van der Waals surface area contributed by atoms with Gasteiger partial charge in [-0.25, -0.2) is 4.79 Å². The second-order valence-corrected chi connectivity index (χ2v) is 8.66. The fourth-order valence-electron chi connectivity index (χ4n) is 5.30. The summed E-state index contributed by atoms with van der Waals surface area (Å²) < 4.78 is 11.3. The lowest BCUT2D eigenvalue weighted by atomic mass is 9.91. The number of nitrogens with zero attached hydrogens (tertiary/aromatic N) is 2. The molecule has 0 spiro atoms. The molecular weight excluding hydrogens is 368 g/mol. The van der Waals surface area contributed by atoms with Gasteiger partial charge in [0.1, 0.15) is 11.3 Å². The Bertz CT molecular complexity index is 953. The van der Waals surface area contributed by atoms with Gasteiger partial charge in [0.15, 0.2) is 6.10 Å². The standard InChI is InChI=1S/C23H30N2O4/c1-5-15-10-21(26)29-20-11-18(8-9-19(15)20)28-14(2)23(27)25-12-16-6-7-17(13-25)22(16)24(3)4/h8-11,14,16-17,22H,5-7,12-13H2,1-4H3/t14?,16-,17+,22?. The molecule has 2 unspecified atom stereocenters. The van der Waals surface area contributed by atoms with E-state index >= 15 is 0 Å². The lowest BCUT2D eigenvalue weighted by Crippen LogP contribution is -2.54. The van der Waals surface area contributed by atoms with E-state index in [1.54, 1.807) is 13.0 Å². The summed E-state index contributed by atoms with van der Waals surface area (Å²) in [5, 5.41) is 0.903. The minimum Gasteiger partial charge on any atom is -0.481 e. The Balaban J connectivity index is 1.47. The van der Waals surface area contributed by atoms with Crippen molar-refractivity contribution >= 4 is 16.9 Å². The number of likely N-dealkylation sites (tertiary alicyclic amines) is 1. The van der Waals surface area contributed by atoms with E-state index in [0.29, 0.717) is 29.2 Å². The quantitative estimate of drug-likeness (QED) is 0.725. The van der Waals surface area contributed by atoms with Crippen LogP contribution in [0.15, 0.2) is 33.5 Å². The maximum atomic E-state index is 13.0. The first-order chi connectivity index (χ1) is 13.9. The minimum absolute atomic E-state index is 0.0305. The third-order valence-electron chi connectivity index (χ3n) is 6.54. The molecule has 1 aromatic heterocycles. The molecule has 4 atom stereocenters. The van der Waals surface area contributed by atoms with Gasteiger partial charge >= 0.3 is 5.63 Å². The van der Waals surface area contributed by atoms with Gasteiger partial charge in [0.05, 0.1) is 0 Å². The van der Waals surface area contributed by atoms with Crippen molar-refractivity contribution in [3.05, 3.63) is 40.2 Å². The van der Waals surface area contributed by atoms with Crippen molar-refractivity contribution in [3.63, 3.8) is 0 Å². The van der Waals surface area contributed by atoms with E-state index in [4.69, 9.17) is 9.15 Å². The number of fused-ring (bicyclic) bond motifs is 3. The summed E-state index contributed by atoms with van der Waals surface area (Å²) in [5.41, 5.74) is 1.08. The lowest BCUT2D eigenvalue weighted by Gasteiger charge is -2.41. The van der Waals surface area contributed by atoms with Crippen LogP contribution in [0.1, 0.15) is 32.3 Å². The molecule has 29 heavy (non-hydrogen) atoms. The van der Waals surface area contributed by atoms with Crippen LogP contribution in [-0.4, -0.2) is 55.0 Å². The average molecular weight is 399 g/mol. The first-order valence-corrected chi connectivity index (χ1v) is 10.6. The number of hydrogen-bond donors (Lipinski definition) is 0. The molecule has 1 saturated heterocycles. The zero-order valence-electron chi connectivity index (χ0n) is 17.7. The molecular formula is C23H30N2O4. The number of hydrogen-bond acceptors (Lipinski definition) is 5. The molecule has 0 radical (unpaired) electrons. The van der Waals surface area contributed by atoms with Crippen LogP contribution in [-0.2, 0) is 11.2 Å². The van der Waals surface area contributed by atoms with Crippen LogP contribution in [0.3, 0.4) is 0 Å². The average Bonchev–Trinajstić information content (AvgIpc) is 2.96. The maximum Gasteiger partial charge on any atom is 0.336 e. The summed E-state index contributed by atoms with van der Waals surface area (Å²) >= 11 is 0. The molecule has 6 nitrogen and oxygen atoms in total. The first kappa shape index (κ1) is 20.0. The van der Waals surface area contributed by atoms with Crippen molar-refractivity contribution in [2.75, 3.05) is 27.2 Å². The van der Waals surface area contributed by atoms with Gasteiger partial charge in [-0.1, -0.05) is 6.92 Å². The molecule has 2 fully saturated rings. The second-order valence-electron chi connectivity index (χ2n) is 8.66. The number of ether oxygens (including phenoxy) is 1. The van der Waals surface area contributed by atoms with Crippen LogP contribution < -0.4 is 10.4 Å². The van der Waals surface area contributed by atoms with E-state index in [1.807, 2.05) is 24.0 Å². The van der Waals surface area contributed by atoms with Crippen molar-refractivity contribution < 1.29 is 13.9 Å². The predicted molar refractivity (Wildman–Crippen MR) is 112 cm³/mol. The van der Waals surface area contributed by atoms with E-state index in [9.17, 15) is 9.59 Å². The molecule has 1 amide bonds. The highest BCUT2D eigenvalue weighted by molar-refractivity contribution is 5.83. The highest BCUT2D eigenvalue weighted by Gasteiger charge is 2.44. The Morgan fingerprint density at radius 3 is 2.55 bits per heavy atom. The molecule has 2 bridgehead atoms. The highest BCUT2D eigenvalue weighted by atomic mass is 16.5. The zero-order valence-corrected chi connectivity index (χ0v) is 17.7. The highest BCUT2D eigenvalue weighted by Crippen LogP contribution is 2.39. The van der Waals surface area contributed by atoms with E-state index in [0.717, 1.165) is 30.5 Å². The van der Waals surface area contributed by atoms with Crippen molar-refractivity contribution in [1.29, 1.82) is 0 Å². The monoisotopic (exact) mass is 398 g/mol. The molecule has 0 N–H and O–H groups in total. The lowest BCUT2D eigenvalue weighted by molar-refractivity contribution is -0.141. The van der Waals surface area contributed by atoms with Crippen molar-refractivity contribution in [2.24, 2.45) is 11.8 Å². The Labute approximate surface area is 171 Å². The molecule has 1 aromatic carbocycles. The van der Waals surface area contributed by atoms with Crippen LogP contribution in [0.5, 0.6) is 5.75 Å². The summed E-state index contributed by atoms with van der Waals surface area (Å²) in [6, 6.07) is 7.55. The second kappa shape index (κ2) is 7.82. The summed E-state index contributed by atoms with van der Waals surface area (Å²) in [6.07, 6.45) is 2.55. The van der Waals surface area contributed by atoms with Crippen LogP contribution in [0.25, 0.3) is 11.0 Å². The third-order valence-corrected chi connectivity index (χ3v) is 6.54. The number of benzene rings is 1. The summed E-state index contributed by atoms with van der Waals surface area (Å²) in [4.78, 5) is 29.1.